The van der Waals surface area contributed by atoms with E-state index in [2.05, 4.69) is 9.62 Å². The van der Waals surface area contributed by atoms with Gasteiger partial charge in [0.25, 0.3) is 0 Å². The number of likely N-dealkylation sites (tertiary alicyclic amines) is 1. The van der Waals surface area contributed by atoms with Crippen molar-refractivity contribution >= 4 is 21.6 Å². The number of para-hydroxylation sites is 1. The number of hydrogen-bond acceptors (Lipinski definition) is 5. The molecule has 2 aromatic rings. The van der Waals surface area contributed by atoms with Crippen LogP contribution in [0.3, 0.4) is 0 Å². The van der Waals surface area contributed by atoms with E-state index >= 15 is 0 Å². The van der Waals surface area contributed by atoms with Crippen LogP contribution in [-0.2, 0) is 10.0 Å². The molecule has 1 N–H and O–H groups in total. The molecule has 1 aliphatic rings. The molecule has 1 saturated heterocycles. The molecule has 0 spiro atoms. The molecule has 0 saturated carbocycles. The third-order valence-electron chi connectivity index (χ3n) is 4.92. The van der Waals surface area contributed by atoms with E-state index in [1.54, 1.807) is 7.11 Å². The molecular weight excluding hydrogens is 398 g/mol. The van der Waals surface area contributed by atoms with Crippen LogP contribution in [0, 0.1) is 11.3 Å². The van der Waals surface area contributed by atoms with E-state index in [4.69, 9.17) is 21.6 Å². The summed E-state index contributed by atoms with van der Waals surface area (Å²) >= 11 is 6.00. The van der Waals surface area contributed by atoms with Crippen LogP contribution in [0.1, 0.15) is 30.0 Å². The Labute approximate surface area is 170 Å². The van der Waals surface area contributed by atoms with E-state index in [0.717, 1.165) is 37.2 Å². The summed E-state index contributed by atoms with van der Waals surface area (Å²) in [6.07, 6.45) is 2.17. The second kappa shape index (κ2) is 8.93. The van der Waals surface area contributed by atoms with Crippen molar-refractivity contribution < 1.29 is 13.2 Å². The summed E-state index contributed by atoms with van der Waals surface area (Å²) < 4.78 is 33.8. The highest BCUT2D eigenvalue weighted by molar-refractivity contribution is 7.89. The predicted octanol–water partition coefficient (Wildman–Crippen LogP) is 3.34. The third-order valence-corrected chi connectivity index (χ3v) is 6.65. The van der Waals surface area contributed by atoms with E-state index in [9.17, 15) is 8.42 Å². The van der Waals surface area contributed by atoms with Crippen molar-refractivity contribution in [3.63, 3.8) is 0 Å². The minimum Gasteiger partial charge on any atom is -0.496 e. The van der Waals surface area contributed by atoms with Gasteiger partial charge in [-0.25, -0.2) is 13.1 Å². The molecule has 1 heterocycles. The smallest absolute Gasteiger partial charge is 0.240 e. The first-order valence-electron chi connectivity index (χ1n) is 9.02. The molecule has 2 aromatic carbocycles. The molecule has 0 bridgehead atoms. The maximum absolute atomic E-state index is 12.8. The van der Waals surface area contributed by atoms with Gasteiger partial charge in [0.15, 0.2) is 0 Å². The number of nitrogens with zero attached hydrogens (tertiary/aromatic N) is 2. The lowest BCUT2D eigenvalue weighted by Gasteiger charge is -2.29. The molecule has 0 radical (unpaired) electrons. The Bertz CT molecular complexity index is 982. The van der Waals surface area contributed by atoms with Crippen molar-refractivity contribution in [3.05, 3.63) is 58.6 Å². The number of rotatable bonds is 7. The number of sulfonamides is 1. The molecule has 148 valence electrons. The lowest BCUT2D eigenvalue weighted by atomic mass is 10.0. The van der Waals surface area contributed by atoms with Crippen LogP contribution in [0.2, 0.25) is 5.02 Å². The number of methoxy groups -OCH3 is 1. The van der Waals surface area contributed by atoms with Crippen molar-refractivity contribution in [3.8, 4) is 11.8 Å². The summed E-state index contributed by atoms with van der Waals surface area (Å²) in [7, 11) is -2.16. The SMILES string of the molecule is COc1ccccc1C(CNS(=O)(=O)c1ccc(C#N)c(Cl)c1)N1CCCC1. The number of hydrogen-bond donors (Lipinski definition) is 1. The minimum atomic E-state index is -3.77. The van der Waals surface area contributed by atoms with Crippen molar-refractivity contribution in [1.82, 2.24) is 9.62 Å². The highest BCUT2D eigenvalue weighted by Gasteiger charge is 2.27. The van der Waals surface area contributed by atoms with Gasteiger partial charge in [-0.05, 0) is 50.2 Å². The number of nitriles is 1. The quantitative estimate of drug-likeness (QED) is 0.744. The molecular formula is C20H22ClN3O3S. The first kappa shape index (κ1) is 20.6. The summed E-state index contributed by atoms with van der Waals surface area (Å²) in [4.78, 5) is 2.31. The maximum atomic E-state index is 12.8. The summed E-state index contributed by atoms with van der Waals surface area (Å²) in [6.45, 7) is 2.03. The van der Waals surface area contributed by atoms with Gasteiger partial charge < -0.3 is 4.74 Å². The standard InChI is InChI=1S/C20H22ClN3O3S/c1-27-20-7-3-2-6-17(20)19(24-10-4-5-11-24)14-23-28(25,26)16-9-8-15(13-22)18(21)12-16/h2-3,6-9,12,19,23H,4-5,10-11,14H2,1H3. The summed E-state index contributed by atoms with van der Waals surface area (Å²) in [5.74, 6) is 0.736. The average Bonchev–Trinajstić information content (AvgIpc) is 3.23. The van der Waals surface area contributed by atoms with E-state index < -0.39 is 10.0 Å². The summed E-state index contributed by atoms with van der Waals surface area (Å²) in [6, 6.07) is 13.6. The van der Waals surface area contributed by atoms with Crippen LogP contribution in [0.25, 0.3) is 0 Å². The maximum Gasteiger partial charge on any atom is 0.240 e. The van der Waals surface area contributed by atoms with Gasteiger partial charge in [0.2, 0.25) is 10.0 Å². The fraction of sp³-hybridized carbons (Fsp3) is 0.350. The topological polar surface area (TPSA) is 82.4 Å². The predicted molar refractivity (Wildman–Crippen MR) is 108 cm³/mol. The summed E-state index contributed by atoms with van der Waals surface area (Å²) in [5.41, 5.74) is 1.19. The Kier molecular flexibility index (Phi) is 6.57. The molecule has 1 aliphatic heterocycles. The van der Waals surface area contributed by atoms with Crippen molar-refractivity contribution in [1.29, 1.82) is 5.26 Å². The lowest BCUT2D eigenvalue weighted by Crippen LogP contribution is -2.37. The fourth-order valence-electron chi connectivity index (χ4n) is 3.46. The molecule has 8 heteroatoms. The van der Waals surface area contributed by atoms with Gasteiger partial charge in [0.1, 0.15) is 11.8 Å². The van der Waals surface area contributed by atoms with Crippen LogP contribution in [0.15, 0.2) is 47.4 Å². The van der Waals surface area contributed by atoms with Crippen LogP contribution >= 0.6 is 11.6 Å². The first-order valence-corrected chi connectivity index (χ1v) is 10.9. The molecule has 28 heavy (non-hydrogen) atoms. The van der Waals surface area contributed by atoms with E-state index in [0.29, 0.717) is 0 Å². The van der Waals surface area contributed by atoms with Crippen molar-refractivity contribution in [2.45, 2.75) is 23.8 Å². The molecule has 0 aromatic heterocycles. The van der Waals surface area contributed by atoms with Crippen molar-refractivity contribution in [2.75, 3.05) is 26.7 Å². The molecule has 6 nitrogen and oxygen atoms in total. The van der Waals surface area contributed by atoms with E-state index in [-0.39, 0.29) is 28.1 Å². The molecule has 3 rings (SSSR count). The van der Waals surface area contributed by atoms with Gasteiger partial charge in [-0.3, -0.25) is 4.90 Å². The lowest BCUT2D eigenvalue weighted by molar-refractivity contribution is 0.240. The minimum absolute atomic E-state index is 0.0386. The first-order chi connectivity index (χ1) is 13.5. The highest BCUT2D eigenvalue weighted by Crippen LogP contribution is 2.31. The second-order valence-electron chi connectivity index (χ2n) is 6.61. The van der Waals surface area contributed by atoms with Crippen LogP contribution in [-0.4, -0.2) is 40.1 Å². The molecule has 1 unspecified atom stereocenters. The van der Waals surface area contributed by atoms with Gasteiger partial charge in [0.05, 0.1) is 28.6 Å². The second-order valence-corrected chi connectivity index (χ2v) is 8.78. The Hall–Kier alpha value is -2.11. The molecule has 0 aliphatic carbocycles. The van der Waals surface area contributed by atoms with Crippen LogP contribution in [0.4, 0.5) is 0 Å². The zero-order valence-electron chi connectivity index (χ0n) is 15.6. The number of halogens is 1. The van der Waals surface area contributed by atoms with Gasteiger partial charge in [-0.1, -0.05) is 29.8 Å². The number of ether oxygens (including phenoxy) is 1. The van der Waals surface area contributed by atoms with Gasteiger partial charge >= 0.3 is 0 Å². The number of nitrogens with one attached hydrogen (secondary N) is 1. The molecule has 1 atom stereocenters. The normalized spacial score (nSPS) is 15.9. The summed E-state index contributed by atoms with van der Waals surface area (Å²) in [5, 5.41) is 9.08. The average molecular weight is 420 g/mol. The highest BCUT2D eigenvalue weighted by atomic mass is 35.5. The van der Waals surface area contributed by atoms with E-state index in [1.807, 2.05) is 30.3 Å². The fourth-order valence-corrected chi connectivity index (χ4v) is 4.81. The Balaban J connectivity index is 1.85. The van der Waals surface area contributed by atoms with E-state index in [1.165, 1.54) is 18.2 Å². The Morgan fingerprint density at radius 2 is 1.96 bits per heavy atom. The van der Waals surface area contributed by atoms with Gasteiger partial charge in [-0.2, -0.15) is 5.26 Å². The monoisotopic (exact) mass is 419 g/mol. The third kappa shape index (κ3) is 4.47. The molecule has 1 fully saturated rings. The van der Waals surface area contributed by atoms with Crippen LogP contribution < -0.4 is 9.46 Å². The van der Waals surface area contributed by atoms with Crippen LogP contribution in [0.5, 0.6) is 5.75 Å². The molecule has 0 amide bonds. The zero-order chi connectivity index (χ0) is 20.1. The Morgan fingerprint density at radius 1 is 1.25 bits per heavy atom. The van der Waals surface area contributed by atoms with Crippen molar-refractivity contribution in [2.24, 2.45) is 0 Å². The number of benzene rings is 2. The van der Waals surface area contributed by atoms with Gasteiger partial charge in [-0.15, -0.1) is 0 Å². The Morgan fingerprint density at radius 3 is 2.61 bits per heavy atom. The largest absolute Gasteiger partial charge is 0.496 e. The van der Waals surface area contributed by atoms with Gasteiger partial charge in [0, 0.05) is 12.1 Å². The zero-order valence-corrected chi connectivity index (χ0v) is 17.1.